The van der Waals surface area contributed by atoms with Gasteiger partial charge in [-0.2, -0.15) is 0 Å². The summed E-state index contributed by atoms with van der Waals surface area (Å²) in [6, 6.07) is 13.7. The lowest BCUT2D eigenvalue weighted by Gasteiger charge is -2.26. The zero-order valence-electron chi connectivity index (χ0n) is 17.6. The van der Waals surface area contributed by atoms with E-state index >= 15 is 0 Å². The number of aromatic nitrogens is 1. The number of nitrogens with one attached hydrogen (secondary N) is 1. The van der Waals surface area contributed by atoms with Crippen molar-refractivity contribution in [3.05, 3.63) is 76.9 Å². The molecule has 31 heavy (non-hydrogen) atoms. The maximum Gasteiger partial charge on any atom is 0.278 e. The third kappa shape index (κ3) is 5.49. The highest BCUT2D eigenvalue weighted by Crippen LogP contribution is 2.20. The lowest BCUT2D eigenvalue weighted by Crippen LogP contribution is -2.29. The van der Waals surface area contributed by atoms with Gasteiger partial charge in [-0.1, -0.05) is 29.8 Å². The Bertz CT molecular complexity index is 1030. The molecule has 1 amide bonds. The minimum atomic E-state index is -0.388. The summed E-state index contributed by atoms with van der Waals surface area (Å²) in [6.07, 6.45) is 3.84. The number of ether oxygens (including phenoxy) is 1. The zero-order valence-corrected chi connectivity index (χ0v) is 17.6. The molecule has 0 aliphatic carbocycles. The van der Waals surface area contributed by atoms with Crippen LogP contribution in [0.15, 0.2) is 53.1 Å². The van der Waals surface area contributed by atoms with E-state index in [9.17, 15) is 9.18 Å². The number of carbonyl (C=O) groups excluding carboxylic acids is 1. The standard InChI is InChI=1S/C24H26FN3O3/c1-17-22(16-30-21-7-5-6-19(25)14-21)23(27-31-17)24(29)26-20-10-8-18(9-11-20)15-28-12-3-2-4-13-28/h5-11,14H,2-4,12-13,15-16H2,1H3,(H,26,29). The van der Waals surface area contributed by atoms with Gasteiger partial charge in [0, 0.05) is 18.3 Å². The predicted octanol–water partition coefficient (Wildman–Crippen LogP) is 4.94. The second-order valence-electron chi connectivity index (χ2n) is 7.80. The number of hydrogen-bond donors (Lipinski definition) is 1. The largest absolute Gasteiger partial charge is 0.489 e. The van der Waals surface area contributed by atoms with Crippen molar-refractivity contribution in [3.63, 3.8) is 0 Å². The van der Waals surface area contributed by atoms with E-state index in [1.807, 2.05) is 24.3 Å². The first kappa shape index (κ1) is 21.1. The SMILES string of the molecule is Cc1onc(C(=O)Nc2ccc(CN3CCCCC3)cc2)c1COc1cccc(F)c1. The van der Waals surface area contributed by atoms with Crippen molar-refractivity contribution in [2.45, 2.75) is 39.3 Å². The van der Waals surface area contributed by atoms with Gasteiger partial charge in [-0.25, -0.2) is 4.39 Å². The smallest absolute Gasteiger partial charge is 0.278 e. The van der Waals surface area contributed by atoms with Crippen molar-refractivity contribution in [1.82, 2.24) is 10.1 Å². The van der Waals surface area contributed by atoms with Crippen LogP contribution in [0.5, 0.6) is 5.75 Å². The number of hydrogen-bond acceptors (Lipinski definition) is 5. The molecule has 6 nitrogen and oxygen atoms in total. The summed E-state index contributed by atoms with van der Waals surface area (Å²) in [4.78, 5) is 15.2. The van der Waals surface area contributed by atoms with E-state index in [1.165, 1.54) is 37.0 Å². The van der Waals surface area contributed by atoms with E-state index in [2.05, 4.69) is 15.4 Å². The Morgan fingerprint density at radius 3 is 2.68 bits per heavy atom. The number of anilines is 1. The number of halogens is 1. The van der Waals surface area contributed by atoms with Gasteiger partial charge in [0.25, 0.3) is 5.91 Å². The first-order chi connectivity index (χ1) is 15.1. The third-order valence-electron chi connectivity index (χ3n) is 5.45. The van der Waals surface area contributed by atoms with Crippen LogP contribution in [0.25, 0.3) is 0 Å². The predicted molar refractivity (Wildman–Crippen MR) is 115 cm³/mol. The van der Waals surface area contributed by atoms with E-state index in [1.54, 1.807) is 19.1 Å². The molecule has 1 aromatic heterocycles. The van der Waals surface area contributed by atoms with Crippen molar-refractivity contribution >= 4 is 11.6 Å². The average Bonchev–Trinajstić information content (AvgIpc) is 3.15. The first-order valence-corrected chi connectivity index (χ1v) is 10.5. The molecule has 0 bridgehead atoms. The van der Waals surface area contributed by atoms with Crippen LogP contribution in [-0.2, 0) is 13.2 Å². The third-order valence-corrected chi connectivity index (χ3v) is 5.45. The number of rotatable bonds is 7. The summed E-state index contributed by atoms with van der Waals surface area (Å²) < 4.78 is 24.2. The fourth-order valence-electron chi connectivity index (χ4n) is 3.71. The topological polar surface area (TPSA) is 67.6 Å². The van der Waals surface area contributed by atoms with Crippen LogP contribution >= 0.6 is 0 Å². The van der Waals surface area contributed by atoms with Gasteiger partial charge in [0.15, 0.2) is 5.69 Å². The van der Waals surface area contributed by atoms with Gasteiger partial charge in [0.2, 0.25) is 0 Å². The molecular formula is C24H26FN3O3. The highest BCUT2D eigenvalue weighted by atomic mass is 19.1. The van der Waals surface area contributed by atoms with Gasteiger partial charge in [-0.05, 0) is 62.7 Å². The van der Waals surface area contributed by atoms with E-state index in [-0.39, 0.29) is 24.0 Å². The van der Waals surface area contributed by atoms with Crippen molar-refractivity contribution in [2.24, 2.45) is 0 Å². The van der Waals surface area contributed by atoms with Gasteiger partial charge < -0.3 is 14.6 Å². The van der Waals surface area contributed by atoms with Crippen LogP contribution in [0.2, 0.25) is 0 Å². The fourth-order valence-corrected chi connectivity index (χ4v) is 3.71. The van der Waals surface area contributed by atoms with Crippen LogP contribution in [-0.4, -0.2) is 29.1 Å². The molecule has 1 saturated heterocycles. The summed E-state index contributed by atoms with van der Waals surface area (Å²) >= 11 is 0. The number of carbonyl (C=O) groups is 1. The second-order valence-corrected chi connectivity index (χ2v) is 7.80. The Morgan fingerprint density at radius 2 is 1.94 bits per heavy atom. The molecule has 0 radical (unpaired) electrons. The molecule has 1 aliphatic rings. The number of likely N-dealkylation sites (tertiary alicyclic amines) is 1. The van der Waals surface area contributed by atoms with Crippen LogP contribution in [0.1, 0.15) is 46.6 Å². The van der Waals surface area contributed by atoms with E-state index in [0.717, 1.165) is 19.6 Å². The summed E-state index contributed by atoms with van der Waals surface area (Å²) in [7, 11) is 0. The summed E-state index contributed by atoms with van der Waals surface area (Å²) in [5.74, 6) is 0.0920. The maximum atomic E-state index is 13.3. The van der Waals surface area contributed by atoms with Crippen molar-refractivity contribution in [1.29, 1.82) is 0 Å². The number of benzene rings is 2. The quantitative estimate of drug-likeness (QED) is 0.583. The van der Waals surface area contributed by atoms with Gasteiger partial charge in [-0.15, -0.1) is 0 Å². The van der Waals surface area contributed by atoms with Gasteiger partial charge >= 0.3 is 0 Å². The van der Waals surface area contributed by atoms with Gasteiger partial charge in [-0.3, -0.25) is 9.69 Å². The first-order valence-electron chi connectivity index (χ1n) is 10.5. The van der Waals surface area contributed by atoms with Gasteiger partial charge in [0.1, 0.15) is 23.9 Å². The van der Waals surface area contributed by atoms with E-state index in [4.69, 9.17) is 9.26 Å². The number of nitrogens with zero attached hydrogens (tertiary/aromatic N) is 2. The van der Waals surface area contributed by atoms with Crippen molar-refractivity contribution in [3.8, 4) is 5.75 Å². The van der Waals surface area contributed by atoms with Crippen LogP contribution < -0.4 is 10.1 Å². The number of aryl methyl sites for hydroxylation is 1. The molecule has 1 N–H and O–H groups in total. The molecule has 2 heterocycles. The Hall–Kier alpha value is -3.19. The Labute approximate surface area is 181 Å². The molecule has 162 valence electrons. The number of piperidine rings is 1. The Morgan fingerprint density at radius 1 is 1.16 bits per heavy atom. The minimum absolute atomic E-state index is 0.0519. The summed E-state index contributed by atoms with van der Waals surface area (Å²) in [6.45, 7) is 4.98. The molecule has 0 atom stereocenters. The normalized spacial score (nSPS) is 14.4. The highest BCUT2D eigenvalue weighted by Gasteiger charge is 2.21. The summed E-state index contributed by atoms with van der Waals surface area (Å²) in [5.41, 5.74) is 2.60. The lowest BCUT2D eigenvalue weighted by molar-refractivity contribution is 0.101. The lowest BCUT2D eigenvalue weighted by atomic mass is 10.1. The zero-order chi connectivity index (χ0) is 21.6. The van der Waals surface area contributed by atoms with E-state index < -0.39 is 0 Å². The van der Waals surface area contributed by atoms with E-state index in [0.29, 0.717) is 22.8 Å². The Balaban J connectivity index is 1.38. The molecule has 3 aromatic rings. The molecule has 2 aromatic carbocycles. The van der Waals surface area contributed by atoms with Crippen LogP contribution in [0, 0.1) is 12.7 Å². The number of amides is 1. The van der Waals surface area contributed by atoms with Crippen LogP contribution in [0.4, 0.5) is 10.1 Å². The molecule has 1 fully saturated rings. The fraction of sp³-hybridized carbons (Fsp3) is 0.333. The molecule has 0 saturated carbocycles. The molecule has 0 unspecified atom stereocenters. The second kappa shape index (κ2) is 9.75. The maximum absolute atomic E-state index is 13.3. The molecular weight excluding hydrogens is 397 g/mol. The molecule has 0 spiro atoms. The van der Waals surface area contributed by atoms with Crippen LogP contribution in [0.3, 0.4) is 0 Å². The van der Waals surface area contributed by atoms with Crippen molar-refractivity contribution in [2.75, 3.05) is 18.4 Å². The summed E-state index contributed by atoms with van der Waals surface area (Å²) in [5, 5.41) is 6.75. The average molecular weight is 423 g/mol. The molecule has 1 aliphatic heterocycles. The van der Waals surface area contributed by atoms with Crippen molar-refractivity contribution < 1.29 is 18.4 Å². The minimum Gasteiger partial charge on any atom is -0.489 e. The van der Waals surface area contributed by atoms with Gasteiger partial charge in [0.05, 0.1) is 5.56 Å². The monoisotopic (exact) mass is 423 g/mol. The highest BCUT2D eigenvalue weighted by molar-refractivity contribution is 6.03. The molecule has 4 rings (SSSR count). The molecule has 7 heteroatoms. The Kier molecular flexibility index (Phi) is 6.62.